The summed E-state index contributed by atoms with van der Waals surface area (Å²) in [7, 11) is 0. The second-order valence-electron chi connectivity index (χ2n) is 4.38. The van der Waals surface area contributed by atoms with Crippen LogP contribution in [0.2, 0.25) is 5.02 Å². The van der Waals surface area contributed by atoms with E-state index in [1.54, 1.807) is 18.2 Å². The summed E-state index contributed by atoms with van der Waals surface area (Å²) in [6.07, 6.45) is 0. The van der Waals surface area contributed by atoms with Crippen molar-refractivity contribution in [2.45, 2.75) is 20.5 Å². The Morgan fingerprint density at radius 2 is 1.79 bits per heavy atom. The summed E-state index contributed by atoms with van der Waals surface area (Å²) in [5, 5.41) is 9.89. The van der Waals surface area contributed by atoms with Gasteiger partial charge in [0.15, 0.2) is 0 Å². The second kappa shape index (κ2) is 5.95. The third-order valence-corrected chi connectivity index (χ3v) is 4.32. The number of aryl methyl sites for hydroxylation is 2. The van der Waals surface area contributed by atoms with E-state index in [1.165, 1.54) is 0 Å². The summed E-state index contributed by atoms with van der Waals surface area (Å²) < 4.78 is 6.91. The molecule has 0 saturated heterocycles. The summed E-state index contributed by atoms with van der Waals surface area (Å²) >= 11 is 9.48. The van der Waals surface area contributed by atoms with Crippen molar-refractivity contribution in [1.29, 1.82) is 0 Å². The van der Waals surface area contributed by atoms with E-state index in [0.717, 1.165) is 21.3 Å². The van der Waals surface area contributed by atoms with Crippen molar-refractivity contribution in [3.05, 3.63) is 56.5 Å². The van der Waals surface area contributed by atoms with Gasteiger partial charge in [-0.3, -0.25) is 0 Å². The van der Waals surface area contributed by atoms with Crippen LogP contribution in [0.4, 0.5) is 0 Å². The largest absolute Gasteiger partial charge is 0.457 e. The molecular formula is C15H14BrClO2. The average Bonchev–Trinajstić information content (AvgIpc) is 2.36. The van der Waals surface area contributed by atoms with Crippen LogP contribution < -0.4 is 4.74 Å². The summed E-state index contributed by atoms with van der Waals surface area (Å²) in [6.45, 7) is 3.94. The lowest BCUT2D eigenvalue weighted by atomic mass is 10.1. The molecule has 2 aromatic rings. The van der Waals surface area contributed by atoms with Gasteiger partial charge in [0.1, 0.15) is 11.5 Å². The fourth-order valence-electron chi connectivity index (χ4n) is 1.85. The van der Waals surface area contributed by atoms with Gasteiger partial charge in [0.05, 0.1) is 6.61 Å². The molecule has 0 aliphatic rings. The number of hydrogen-bond donors (Lipinski definition) is 1. The average molecular weight is 342 g/mol. The van der Waals surface area contributed by atoms with Crippen molar-refractivity contribution in [2.24, 2.45) is 0 Å². The molecule has 2 aromatic carbocycles. The Labute approximate surface area is 126 Å². The number of ether oxygens (including phenoxy) is 1. The number of rotatable bonds is 3. The van der Waals surface area contributed by atoms with E-state index < -0.39 is 0 Å². The summed E-state index contributed by atoms with van der Waals surface area (Å²) in [5.74, 6) is 1.31. The van der Waals surface area contributed by atoms with E-state index in [-0.39, 0.29) is 6.61 Å². The Balaban J connectivity index is 2.38. The highest BCUT2D eigenvalue weighted by atomic mass is 79.9. The van der Waals surface area contributed by atoms with Crippen LogP contribution in [0.1, 0.15) is 16.7 Å². The number of aliphatic hydroxyl groups is 1. The van der Waals surface area contributed by atoms with Gasteiger partial charge < -0.3 is 9.84 Å². The Bertz CT molecular complexity index is 588. The van der Waals surface area contributed by atoms with Crippen molar-refractivity contribution >= 4 is 27.5 Å². The lowest BCUT2D eigenvalue weighted by molar-refractivity contribution is 0.276. The molecule has 0 aliphatic heterocycles. The molecule has 2 rings (SSSR count). The fraction of sp³-hybridized carbons (Fsp3) is 0.200. The first kappa shape index (κ1) is 14.4. The van der Waals surface area contributed by atoms with Crippen molar-refractivity contribution in [2.75, 3.05) is 0 Å². The second-order valence-corrected chi connectivity index (χ2v) is 5.61. The molecule has 0 saturated carbocycles. The van der Waals surface area contributed by atoms with Gasteiger partial charge in [-0.15, -0.1) is 0 Å². The van der Waals surface area contributed by atoms with E-state index in [9.17, 15) is 5.11 Å². The van der Waals surface area contributed by atoms with E-state index in [0.29, 0.717) is 16.3 Å². The zero-order valence-electron chi connectivity index (χ0n) is 10.7. The highest BCUT2D eigenvalue weighted by molar-refractivity contribution is 9.10. The monoisotopic (exact) mass is 340 g/mol. The molecule has 0 aromatic heterocycles. The van der Waals surface area contributed by atoms with E-state index in [4.69, 9.17) is 16.3 Å². The van der Waals surface area contributed by atoms with Crippen molar-refractivity contribution < 1.29 is 9.84 Å². The molecule has 0 unspecified atom stereocenters. The molecule has 19 heavy (non-hydrogen) atoms. The Hall–Kier alpha value is -1.03. The van der Waals surface area contributed by atoms with Crippen molar-refractivity contribution in [3.8, 4) is 11.5 Å². The minimum Gasteiger partial charge on any atom is -0.457 e. The van der Waals surface area contributed by atoms with Crippen LogP contribution in [0.5, 0.6) is 11.5 Å². The molecule has 100 valence electrons. The van der Waals surface area contributed by atoms with Crippen LogP contribution in [0.25, 0.3) is 0 Å². The van der Waals surface area contributed by atoms with Crippen molar-refractivity contribution in [3.63, 3.8) is 0 Å². The molecule has 0 spiro atoms. The first-order valence-electron chi connectivity index (χ1n) is 5.85. The highest BCUT2D eigenvalue weighted by Crippen LogP contribution is 2.32. The Morgan fingerprint density at radius 3 is 2.37 bits per heavy atom. The minimum absolute atomic E-state index is 0.0823. The maximum absolute atomic E-state index is 9.31. The van der Waals surface area contributed by atoms with Gasteiger partial charge in [-0.05, 0) is 49.2 Å². The quantitative estimate of drug-likeness (QED) is 0.851. The maximum Gasteiger partial charge on any atom is 0.134 e. The van der Waals surface area contributed by atoms with Gasteiger partial charge in [-0.2, -0.15) is 0 Å². The van der Waals surface area contributed by atoms with Gasteiger partial charge >= 0.3 is 0 Å². The maximum atomic E-state index is 9.31. The minimum atomic E-state index is -0.0823. The molecule has 0 radical (unpaired) electrons. The third-order valence-electron chi connectivity index (χ3n) is 2.84. The van der Waals surface area contributed by atoms with E-state index >= 15 is 0 Å². The number of hydrogen-bond acceptors (Lipinski definition) is 2. The van der Waals surface area contributed by atoms with E-state index in [1.807, 2.05) is 26.0 Å². The summed E-state index contributed by atoms with van der Waals surface area (Å²) in [5.41, 5.74) is 2.91. The van der Waals surface area contributed by atoms with E-state index in [2.05, 4.69) is 15.9 Å². The Kier molecular flexibility index (Phi) is 4.50. The van der Waals surface area contributed by atoms with Crippen LogP contribution in [0, 0.1) is 13.8 Å². The molecule has 0 heterocycles. The molecule has 2 nitrogen and oxygen atoms in total. The number of benzene rings is 2. The van der Waals surface area contributed by atoms with Gasteiger partial charge in [0.2, 0.25) is 0 Å². The fourth-order valence-corrected chi connectivity index (χ4v) is 2.24. The normalized spacial score (nSPS) is 10.6. The lowest BCUT2D eigenvalue weighted by Crippen LogP contribution is -1.93. The van der Waals surface area contributed by atoms with Gasteiger partial charge in [-0.25, -0.2) is 0 Å². The summed E-state index contributed by atoms with van der Waals surface area (Å²) in [6, 6.07) is 9.09. The standard InChI is InChI=1S/C15H14BrClO2/c1-9-5-13(6-10(2)15(9)16)19-14-7-12(17)4-3-11(14)8-18/h3-7,18H,8H2,1-2H3. The third kappa shape index (κ3) is 3.30. The molecule has 1 N–H and O–H groups in total. The SMILES string of the molecule is Cc1cc(Oc2cc(Cl)ccc2CO)cc(C)c1Br. The highest BCUT2D eigenvalue weighted by Gasteiger charge is 2.08. The molecular weight excluding hydrogens is 328 g/mol. The molecule has 4 heteroatoms. The topological polar surface area (TPSA) is 29.5 Å². The molecule has 0 fully saturated rings. The molecule has 0 bridgehead atoms. The molecule has 0 amide bonds. The van der Waals surface area contributed by atoms with Crippen LogP contribution >= 0.6 is 27.5 Å². The summed E-state index contributed by atoms with van der Waals surface area (Å²) in [4.78, 5) is 0. The Morgan fingerprint density at radius 1 is 1.16 bits per heavy atom. The van der Waals surface area contributed by atoms with Crippen LogP contribution in [0.15, 0.2) is 34.8 Å². The van der Waals surface area contributed by atoms with Crippen molar-refractivity contribution in [1.82, 2.24) is 0 Å². The van der Waals surface area contributed by atoms with Gasteiger partial charge in [0.25, 0.3) is 0 Å². The lowest BCUT2D eigenvalue weighted by Gasteiger charge is -2.12. The van der Waals surface area contributed by atoms with Crippen LogP contribution in [0.3, 0.4) is 0 Å². The smallest absolute Gasteiger partial charge is 0.134 e. The van der Waals surface area contributed by atoms with Crippen LogP contribution in [-0.2, 0) is 6.61 Å². The predicted octanol–water partition coefficient (Wildman–Crippen LogP) is 5.00. The first-order chi connectivity index (χ1) is 9.01. The first-order valence-corrected chi connectivity index (χ1v) is 7.02. The molecule has 0 atom stereocenters. The number of halogens is 2. The molecule has 0 aliphatic carbocycles. The van der Waals surface area contributed by atoms with Gasteiger partial charge in [0, 0.05) is 15.1 Å². The van der Waals surface area contributed by atoms with Crippen LogP contribution in [-0.4, -0.2) is 5.11 Å². The zero-order chi connectivity index (χ0) is 14.0. The predicted molar refractivity (Wildman–Crippen MR) is 81.1 cm³/mol. The zero-order valence-corrected chi connectivity index (χ0v) is 13.0. The van der Waals surface area contributed by atoms with Gasteiger partial charge in [-0.1, -0.05) is 33.6 Å². The number of aliphatic hydroxyl groups excluding tert-OH is 1.